The summed E-state index contributed by atoms with van der Waals surface area (Å²) in [4.78, 5) is 0. The van der Waals surface area contributed by atoms with Gasteiger partial charge in [0.25, 0.3) is 0 Å². The molecule has 0 fully saturated rings. The van der Waals surface area contributed by atoms with Crippen molar-refractivity contribution in [3.05, 3.63) is 28.8 Å². The van der Waals surface area contributed by atoms with Gasteiger partial charge < -0.3 is 5.11 Å². The van der Waals surface area contributed by atoms with Crippen LogP contribution in [0.4, 0.5) is 0 Å². The van der Waals surface area contributed by atoms with Crippen LogP contribution in [0.25, 0.3) is 0 Å². The Balaban J connectivity index is 0.000000810. The van der Waals surface area contributed by atoms with Crippen molar-refractivity contribution in [2.24, 2.45) is 0 Å². The molecule has 0 aliphatic heterocycles. The normalized spacial score (nSPS) is 8.60. The second-order valence-electron chi connectivity index (χ2n) is 1.91. The number of benzene rings is 1. The summed E-state index contributed by atoms with van der Waals surface area (Å²) < 4.78 is 0. The van der Waals surface area contributed by atoms with E-state index in [1.54, 1.807) is 19.1 Å². The Kier molecular flexibility index (Phi) is 5.20. The van der Waals surface area contributed by atoms with Crippen LogP contribution >= 0.6 is 11.6 Å². The molecule has 0 aliphatic carbocycles. The van der Waals surface area contributed by atoms with Crippen LogP contribution in [-0.4, -0.2) is 0 Å². The van der Waals surface area contributed by atoms with Gasteiger partial charge in [-0.05, 0) is 13.0 Å². The Morgan fingerprint density at radius 3 is 2.40 bits per heavy atom. The van der Waals surface area contributed by atoms with Gasteiger partial charge >= 0.3 is 51.4 Å². The number of aryl methyl sites for hydroxylation is 1. The second-order valence-corrected chi connectivity index (χ2v) is 2.35. The van der Waals surface area contributed by atoms with Crippen LogP contribution in [0.15, 0.2) is 18.2 Å². The summed E-state index contributed by atoms with van der Waals surface area (Å²) in [6, 6.07) is 4.83. The van der Waals surface area contributed by atoms with E-state index in [2.05, 4.69) is 0 Å². The van der Waals surface area contributed by atoms with Crippen LogP contribution in [0.2, 0.25) is 5.02 Å². The summed E-state index contributed by atoms with van der Waals surface area (Å²) in [5.41, 5.74) is 0.736. The maximum Gasteiger partial charge on any atom is 1.00 e. The minimum absolute atomic E-state index is 0. The number of halogens is 1. The van der Waals surface area contributed by atoms with Crippen LogP contribution in [0.1, 0.15) is 5.56 Å². The number of rotatable bonds is 0. The van der Waals surface area contributed by atoms with Crippen LogP contribution in [0.5, 0.6) is 5.75 Å². The van der Waals surface area contributed by atoms with Gasteiger partial charge in [0.05, 0.1) is 0 Å². The topological polar surface area (TPSA) is 23.1 Å². The first kappa shape index (κ1) is 10.9. The van der Waals surface area contributed by atoms with Gasteiger partial charge in [-0.3, -0.25) is 0 Å². The van der Waals surface area contributed by atoms with Crippen molar-refractivity contribution in [2.75, 3.05) is 0 Å². The number of hydrogen-bond donors (Lipinski definition) is 0. The SMILES string of the molecule is Cc1ccc(Cl)cc1[O-].[K+]. The van der Waals surface area contributed by atoms with E-state index >= 15 is 0 Å². The van der Waals surface area contributed by atoms with Gasteiger partial charge in [-0.1, -0.05) is 29.3 Å². The Bertz CT molecular complexity index is 225. The minimum atomic E-state index is 0. The second kappa shape index (κ2) is 4.75. The molecular formula is C7H6ClKO. The molecule has 0 unspecified atom stereocenters. The fourth-order valence-electron chi connectivity index (χ4n) is 0.574. The Hall–Kier alpha value is 0.946. The predicted molar refractivity (Wildman–Crippen MR) is 35.6 cm³/mol. The van der Waals surface area contributed by atoms with Crippen molar-refractivity contribution in [3.63, 3.8) is 0 Å². The van der Waals surface area contributed by atoms with E-state index < -0.39 is 0 Å². The molecule has 0 saturated heterocycles. The van der Waals surface area contributed by atoms with E-state index in [4.69, 9.17) is 11.6 Å². The molecule has 1 nitrogen and oxygen atoms in total. The molecule has 1 aromatic carbocycles. The molecule has 0 heterocycles. The summed E-state index contributed by atoms with van der Waals surface area (Å²) in [5.74, 6) is 0.00231. The van der Waals surface area contributed by atoms with E-state index in [1.165, 1.54) is 6.07 Å². The summed E-state index contributed by atoms with van der Waals surface area (Å²) in [6.07, 6.45) is 0. The van der Waals surface area contributed by atoms with Crippen molar-refractivity contribution >= 4 is 11.6 Å². The van der Waals surface area contributed by atoms with Crippen LogP contribution in [-0.2, 0) is 0 Å². The average molecular weight is 181 g/mol. The largest absolute Gasteiger partial charge is 1.00 e. The molecule has 0 bridgehead atoms. The van der Waals surface area contributed by atoms with Crippen molar-refractivity contribution in [2.45, 2.75) is 6.92 Å². The molecule has 3 heteroatoms. The molecule has 1 rings (SSSR count). The van der Waals surface area contributed by atoms with Gasteiger partial charge in [0, 0.05) is 5.02 Å². The molecule has 0 N–H and O–H groups in total. The van der Waals surface area contributed by atoms with Crippen LogP contribution < -0.4 is 56.5 Å². The van der Waals surface area contributed by atoms with Crippen molar-refractivity contribution in [1.82, 2.24) is 0 Å². The molecule has 0 amide bonds. The summed E-state index contributed by atoms with van der Waals surface area (Å²) >= 11 is 5.52. The van der Waals surface area contributed by atoms with E-state index in [0.29, 0.717) is 5.02 Å². The zero-order chi connectivity index (χ0) is 6.85. The fraction of sp³-hybridized carbons (Fsp3) is 0.143. The first-order valence-corrected chi connectivity index (χ1v) is 3.01. The van der Waals surface area contributed by atoms with E-state index in [0.717, 1.165) is 5.56 Å². The molecule has 0 aromatic heterocycles. The Morgan fingerprint density at radius 1 is 1.40 bits per heavy atom. The van der Waals surface area contributed by atoms with Gasteiger partial charge in [-0.25, -0.2) is 0 Å². The van der Waals surface area contributed by atoms with Crippen molar-refractivity contribution in [3.8, 4) is 5.75 Å². The standard InChI is InChI=1S/C7H7ClO.K/c1-5-2-3-6(8)4-7(5)9;/h2-4,9H,1H3;/q;+1/p-1. The number of hydrogen-bond acceptors (Lipinski definition) is 1. The van der Waals surface area contributed by atoms with Crippen molar-refractivity contribution < 1.29 is 56.5 Å². The molecular weight excluding hydrogens is 175 g/mol. The zero-order valence-electron chi connectivity index (χ0n) is 6.02. The van der Waals surface area contributed by atoms with Gasteiger partial charge in [0.1, 0.15) is 0 Å². The maximum absolute atomic E-state index is 10.8. The molecule has 10 heavy (non-hydrogen) atoms. The third-order valence-corrected chi connectivity index (χ3v) is 1.39. The summed E-state index contributed by atoms with van der Waals surface area (Å²) in [5, 5.41) is 11.3. The average Bonchev–Trinajstić information content (AvgIpc) is 1.80. The first-order valence-electron chi connectivity index (χ1n) is 2.63. The quantitative estimate of drug-likeness (QED) is 0.457. The molecule has 1 aromatic rings. The van der Waals surface area contributed by atoms with Crippen LogP contribution in [0.3, 0.4) is 0 Å². The molecule has 0 spiro atoms. The zero-order valence-corrected chi connectivity index (χ0v) is 9.90. The molecule has 0 saturated carbocycles. The predicted octanol–water partition coefficient (Wildman–Crippen LogP) is -1.27. The third-order valence-electron chi connectivity index (χ3n) is 1.15. The van der Waals surface area contributed by atoms with Gasteiger partial charge in [0.2, 0.25) is 0 Å². The molecule has 0 atom stereocenters. The smallest absolute Gasteiger partial charge is 0.872 e. The molecule has 48 valence electrons. The molecule has 0 radical (unpaired) electrons. The van der Waals surface area contributed by atoms with E-state index in [9.17, 15) is 5.11 Å². The summed E-state index contributed by atoms with van der Waals surface area (Å²) in [6.45, 7) is 1.76. The van der Waals surface area contributed by atoms with Gasteiger partial charge in [0.15, 0.2) is 0 Å². The minimum Gasteiger partial charge on any atom is -0.872 e. The van der Waals surface area contributed by atoms with Gasteiger partial charge in [-0.15, -0.1) is 5.75 Å². The third kappa shape index (κ3) is 2.90. The maximum atomic E-state index is 10.8. The van der Waals surface area contributed by atoms with E-state index in [1.807, 2.05) is 0 Å². The van der Waals surface area contributed by atoms with E-state index in [-0.39, 0.29) is 57.1 Å². The molecule has 0 aliphatic rings. The Morgan fingerprint density at radius 2 is 2.00 bits per heavy atom. The van der Waals surface area contributed by atoms with Crippen LogP contribution in [0, 0.1) is 6.92 Å². The monoisotopic (exact) mass is 180 g/mol. The Labute approximate surface area is 108 Å². The van der Waals surface area contributed by atoms with Gasteiger partial charge in [-0.2, -0.15) is 0 Å². The van der Waals surface area contributed by atoms with Crippen molar-refractivity contribution in [1.29, 1.82) is 0 Å². The first-order chi connectivity index (χ1) is 4.20. The fourth-order valence-corrected chi connectivity index (χ4v) is 0.736. The summed E-state index contributed by atoms with van der Waals surface area (Å²) in [7, 11) is 0.